The number of benzene rings is 2. The summed E-state index contributed by atoms with van der Waals surface area (Å²) in [5, 5.41) is 3.08. The molecule has 0 saturated carbocycles. The smallest absolute Gasteiger partial charge is 0.268 e. The molecule has 2 aromatic carbocycles. The Bertz CT molecular complexity index is 832. The molecule has 5 heteroatoms. The lowest BCUT2D eigenvalue weighted by Crippen LogP contribution is -2.47. The molecule has 1 amide bonds. The first-order valence-electron chi connectivity index (χ1n) is 15.2. The molecule has 1 atom stereocenters. The van der Waals surface area contributed by atoms with Gasteiger partial charge in [-0.15, -0.1) is 0 Å². The molecule has 4 nitrogen and oxygen atoms in total. The van der Waals surface area contributed by atoms with E-state index in [4.69, 9.17) is 4.74 Å². The van der Waals surface area contributed by atoms with Crippen LogP contribution in [-0.2, 0) is 4.79 Å². The van der Waals surface area contributed by atoms with Gasteiger partial charge in [0, 0.05) is 13.0 Å². The van der Waals surface area contributed by atoms with Gasteiger partial charge in [-0.25, -0.2) is 4.39 Å². The van der Waals surface area contributed by atoms with E-state index >= 15 is 0 Å². The first-order chi connectivity index (χ1) is 18.7. The molecule has 0 radical (unpaired) electrons. The van der Waals surface area contributed by atoms with Crippen LogP contribution in [0.15, 0.2) is 48.5 Å². The maximum absolute atomic E-state index is 12.6. The van der Waals surface area contributed by atoms with Gasteiger partial charge in [-0.1, -0.05) is 116 Å². The summed E-state index contributed by atoms with van der Waals surface area (Å²) in [6.07, 6.45) is 10.5. The largest absolute Gasteiger partial charge is 0.478 e. The average molecular weight is 545 g/mol. The number of hydrogen-bond donors (Lipinski definition) is 1. The van der Waals surface area contributed by atoms with Gasteiger partial charge in [0.05, 0.1) is 5.69 Å². The van der Waals surface area contributed by atoms with Gasteiger partial charge in [-0.05, 0) is 57.1 Å². The van der Waals surface area contributed by atoms with E-state index in [1.54, 1.807) is 12.1 Å². The predicted molar refractivity (Wildman–Crippen MR) is 167 cm³/mol. The zero-order chi connectivity index (χ0) is 29.5. The molecule has 1 aliphatic heterocycles. The molecule has 1 N–H and O–H groups in total. The van der Waals surface area contributed by atoms with Crippen LogP contribution in [0.2, 0.25) is 0 Å². The second kappa shape index (κ2) is 23.5. The van der Waals surface area contributed by atoms with E-state index in [-0.39, 0.29) is 17.8 Å². The van der Waals surface area contributed by atoms with Crippen LogP contribution in [-0.4, -0.2) is 32.1 Å². The number of carbonyl (C=O) groups excluding carboxylic acids is 1. The van der Waals surface area contributed by atoms with E-state index in [2.05, 4.69) is 46.9 Å². The van der Waals surface area contributed by atoms with Crippen molar-refractivity contribution < 1.29 is 13.9 Å². The van der Waals surface area contributed by atoms with Crippen molar-refractivity contribution in [3.63, 3.8) is 0 Å². The lowest BCUT2D eigenvalue weighted by molar-refractivity contribution is -0.126. The van der Waals surface area contributed by atoms with Gasteiger partial charge >= 0.3 is 0 Å². The van der Waals surface area contributed by atoms with Gasteiger partial charge < -0.3 is 15.0 Å². The average Bonchev–Trinajstić information content (AvgIpc) is 2.94. The number of amides is 1. The number of aryl methyl sites for hydroxylation is 1. The molecular weight excluding hydrogens is 487 g/mol. The van der Waals surface area contributed by atoms with Crippen molar-refractivity contribution in [1.29, 1.82) is 0 Å². The minimum absolute atomic E-state index is 0.0926. The second-order valence-corrected chi connectivity index (χ2v) is 10.5. The van der Waals surface area contributed by atoms with Crippen molar-refractivity contribution in [2.75, 3.05) is 25.0 Å². The van der Waals surface area contributed by atoms with Crippen molar-refractivity contribution in [1.82, 2.24) is 5.32 Å². The normalized spacial score (nSPS) is 13.6. The van der Waals surface area contributed by atoms with Crippen LogP contribution in [0.25, 0.3) is 0 Å². The molecule has 1 aliphatic rings. The Morgan fingerprint density at radius 2 is 1.51 bits per heavy atom. The Hall–Kier alpha value is -2.40. The highest BCUT2D eigenvalue weighted by Gasteiger charge is 2.33. The molecule has 1 heterocycles. The summed E-state index contributed by atoms with van der Waals surface area (Å²) in [6, 6.07) is 14.2. The molecule has 222 valence electrons. The van der Waals surface area contributed by atoms with Gasteiger partial charge in [0.25, 0.3) is 5.91 Å². The Morgan fingerprint density at radius 3 is 2.00 bits per heavy atom. The van der Waals surface area contributed by atoms with E-state index in [0.717, 1.165) is 55.3 Å². The highest BCUT2D eigenvalue weighted by atomic mass is 19.1. The number of carbonyl (C=O) groups is 1. The van der Waals surface area contributed by atoms with E-state index in [1.807, 2.05) is 43.1 Å². The zero-order valence-electron chi connectivity index (χ0n) is 26.2. The molecular formula is C34H57FN2O2. The van der Waals surface area contributed by atoms with Crippen LogP contribution in [0.1, 0.15) is 105 Å². The minimum atomic E-state index is -0.362. The molecule has 0 fully saturated rings. The molecule has 39 heavy (non-hydrogen) atoms. The van der Waals surface area contributed by atoms with Crippen molar-refractivity contribution in [2.45, 2.75) is 112 Å². The van der Waals surface area contributed by atoms with Crippen LogP contribution in [0.4, 0.5) is 10.1 Å². The lowest BCUT2D eigenvalue weighted by atomic mass is 10.1. The van der Waals surface area contributed by atoms with Gasteiger partial charge in [0.15, 0.2) is 6.10 Å². The minimum Gasteiger partial charge on any atom is -0.478 e. The highest BCUT2D eigenvalue weighted by Crippen LogP contribution is 2.34. The number of hydrogen-bond acceptors (Lipinski definition) is 3. The number of unbranched alkanes of at least 4 members (excludes halogenated alkanes) is 4. The summed E-state index contributed by atoms with van der Waals surface area (Å²) < 4.78 is 17.9. The van der Waals surface area contributed by atoms with Crippen LogP contribution >= 0.6 is 0 Å². The molecule has 0 aromatic heterocycles. The Labute approximate surface area is 239 Å². The summed E-state index contributed by atoms with van der Waals surface area (Å²) in [7, 11) is 1.89. The van der Waals surface area contributed by atoms with E-state index < -0.39 is 0 Å². The highest BCUT2D eigenvalue weighted by molar-refractivity contribution is 6.00. The quantitative estimate of drug-likeness (QED) is 0.287. The number of halogens is 1. The third-order valence-corrected chi connectivity index (χ3v) is 6.25. The summed E-state index contributed by atoms with van der Waals surface area (Å²) >= 11 is 0. The fraction of sp³-hybridized carbons (Fsp3) is 0.618. The standard InChI is InChI=1S/C16H24N2O2.C7H7F.C7H16.C4H10/c1-3-4-7-12-18-13-8-5-6-9-14(13)20-15(16(18)19)10-11-17-2;1-6-2-4-7(8)5-3-6;1-4-5-6-7(2)3;1-3-4-2/h5-6,8-9,15,17H,3-4,7,10-12H2,1-2H3;2-5H,1H3;7H,4-6H2,1-3H3;3-4H2,1-2H3. The fourth-order valence-electron chi connectivity index (χ4n) is 3.63. The molecule has 0 bridgehead atoms. The third kappa shape index (κ3) is 17.0. The number of nitrogens with zero attached hydrogens (tertiary/aromatic N) is 1. The number of rotatable bonds is 11. The second-order valence-electron chi connectivity index (χ2n) is 10.5. The van der Waals surface area contributed by atoms with Gasteiger partial charge in [0.1, 0.15) is 11.6 Å². The molecule has 0 spiro atoms. The topological polar surface area (TPSA) is 41.6 Å². The van der Waals surface area contributed by atoms with Crippen LogP contribution in [0.3, 0.4) is 0 Å². The van der Waals surface area contributed by atoms with Crippen LogP contribution in [0.5, 0.6) is 5.75 Å². The van der Waals surface area contributed by atoms with Gasteiger partial charge in [-0.3, -0.25) is 4.79 Å². The van der Waals surface area contributed by atoms with Crippen molar-refractivity contribution >= 4 is 11.6 Å². The number of ether oxygens (including phenoxy) is 1. The number of nitrogens with one attached hydrogen (secondary N) is 1. The molecule has 0 aliphatic carbocycles. The summed E-state index contributed by atoms with van der Waals surface area (Å²) in [6.45, 7) is 16.8. The number of fused-ring (bicyclic) bond motifs is 1. The molecule has 0 saturated heterocycles. The SMILES string of the molecule is CCCC.CCCCC(C)C.CCCCCN1C(=O)C(CCNC)Oc2ccccc21.Cc1ccc(F)cc1. The monoisotopic (exact) mass is 544 g/mol. The summed E-state index contributed by atoms with van der Waals surface area (Å²) in [5.74, 6) is 1.65. The summed E-state index contributed by atoms with van der Waals surface area (Å²) in [5.41, 5.74) is 2.00. The molecule has 2 aromatic rings. The van der Waals surface area contributed by atoms with E-state index in [9.17, 15) is 9.18 Å². The van der Waals surface area contributed by atoms with Crippen LogP contribution < -0.4 is 15.0 Å². The first kappa shape index (κ1) is 36.6. The number of para-hydroxylation sites is 2. The van der Waals surface area contributed by atoms with Gasteiger partial charge in [-0.2, -0.15) is 0 Å². The first-order valence-corrected chi connectivity index (χ1v) is 15.2. The Morgan fingerprint density at radius 1 is 0.897 bits per heavy atom. The molecule has 1 unspecified atom stereocenters. The Kier molecular flexibility index (Phi) is 22.0. The maximum atomic E-state index is 12.6. The van der Waals surface area contributed by atoms with Crippen molar-refractivity contribution in [3.8, 4) is 5.75 Å². The van der Waals surface area contributed by atoms with E-state index in [0.29, 0.717) is 6.42 Å². The van der Waals surface area contributed by atoms with Crippen molar-refractivity contribution in [2.24, 2.45) is 5.92 Å². The zero-order valence-corrected chi connectivity index (χ0v) is 26.2. The maximum Gasteiger partial charge on any atom is 0.268 e. The molecule has 3 rings (SSSR count). The number of anilines is 1. The summed E-state index contributed by atoms with van der Waals surface area (Å²) in [4.78, 5) is 14.5. The van der Waals surface area contributed by atoms with Crippen molar-refractivity contribution in [3.05, 3.63) is 59.9 Å². The lowest BCUT2D eigenvalue weighted by Gasteiger charge is -2.34. The predicted octanol–water partition coefficient (Wildman–Crippen LogP) is 9.35. The fourth-order valence-corrected chi connectivity index (χ4v) is 3.63. The van der Waals surface area contributed by atoms with Crippen LogP contribution in [0, 0.1) is 18.7 Å². The Balaban J connectivity index is 0.000000622. The van der Waals surface area contributed by atoms with Gasteiger partial charge in [0.2, 0.25) is 0 Å². The van der Waals surface area contributed by atoms with E-state index in [1.165, 1.54) is 44.2 Å². The third-order valence-electron chi connectivity index (χ3n) is 6.25.